The van der Waals surface area contributed by atoms with E-state index in [1.807, 2.05) is 13.1 Å². The highest BCUT2D eigenvalue weighted by atomic mass is 79.9. The summed E-state index contributed by atoms with van der Waals surface area (Å²) >= 11 is 13.0. The average Bonchev–Trinajstić information content (AvgIpc) is 2.78. The predicted molar refractivity (Wildman–Crippen MR) is 77.0 cm³/mol. The fourth-order valence-corrected chi connectivity index (χ4v) is 4.58. The number of hydrogen-bond acceptors (Lipinski definition) is 3. The zero-order valence-electron chi connectivity index (χ0n) is 8.88. The maximum Gasteiger partial charge on any atom is 0.0888 e. The Labute approximate surface area is 117 Å². The van der Waals surface area contributed by atoms with Gasteiger partial charge < -0.3 is 5.32 Å². The lowest BCUT2D eigenvalue weighted by Gasteiger charge is -2.13. The van der Waals surface area contributed by atoms with Gasteiger partial charge in [0.2, 0.25) is 0 Å². The van der Waals surface area contributed by atoms with Gasteiger partial charge in [-0.15, -0.1) is 22.7 Å². The van der Waals surface area contributed by atoms with Crippen LogP contribution in [0.5, 0.6) is 0 Å². The van der Waals surface area contributed by atoms with Crippen molar-refractivity contribution in [1.29, 1.82) is 0 Å². The van der Waals surface area contributed by atoms with E-state index in [1.54, 1.807) is 22.7 Å². The van der Waals surface area contributed by atoms with E-state index in [9.17, 15) is 0 Å². The van der Waals surface area contributed by atoms with Gasteiger partial charge in [0.05, 0.1) is 14.9 Å². The van der Waals surface area contributed by atoms with Crippen LogP contribution < -0.4 is 5.32 Å². The summed E-state index contributed by atoms with van der Waals surface area (Å²) in [4.78, 5) is 2.60. The van der Waals surface area contributed by atoms with Crippen molar-refractivity contribution in [3.63, 3.8) is 0 Å². The first-order valence-corrected chi connectivity index (χ1v) is 7.66. The third-order valence-electron chi connectivity index (χ3n) is 2.40. The summed E-state index contributed by atoms with van der Waals surface area (Å²) in [6.45, 7) is 2.14. The minimum atomic E-state index is 0.244. The molecule has 2 aromatic heterocycles. The van der Waals surface area contributed by atoms with Crippen LogP contribution in [0.4, 0.5) is 0 Å². The first kappa shape index (κ1) is 12.6. The second kappa shape index (κ2) is 5.19. The number of thiophene rings is 2. The topological polar surface area (TPSA) is 12.0 Å². The molecule has 1 N–H and O–H groups in total. The van der Waals surface area contributed by atoms with Crippen LogP contribution in [-0.4, -0.2) is 7.05 Å². The molecule has 0 aromatic carbocycles. The van der Waals surface area contributed by atoms with Gasteiger partial charge >= 0.3 is 0 Å². The highest BCUT2D eigenvalue weighted by Crippen LogP contribution is 2.39. The van der Waals surface area contributed by atoms with Gasteiger partial charge in [-0.05, 0) is 53.0 Å². The molecule has 1 atom stereocenters. The van der Waals surface area contributed by atoms with Gasteiger partial charge in [-0.3, -0.25) is 0 Å². The monoisotopic (exact) mass is 335 g/mol. The molecular formula is C11H11BrClNS2. The SMILES string of the molecule is CNC(c1cc(Cl)c(Br)s1)c1sccc1C. The normalized spacial score (nSPS) is 13.0. The van der Waals surface area contributed by atoms with E-state index in [4.69, 9.17) is 11.6 Å². The number of hydrogen-bond donors (Lipinski definition) is 1. The molecule has 16 heavy (non-hydrogen) atoms. The zero-order chi connectivity index (χ0) is 11.7. The van der Waals surface area contributed by atoms with Gasteiger partial charge in [0.15, 0.2) is 0 Å². The molecule has 1 nitrogen and oxygen atoms in total. The average molecular weight is 337 g/mol. The van der Waals surface area contributed by atoms with Crippen LogP contribution in [0.2, 0.25) is 5.02 Å². The van der Waals surface area contributed by atoms with Crippen molar-refractivity contribution in [2.75, 3.05) is 7.05 Å². The fourth-order valence-electron chi connectivity index (χ4n) is 1.59. The third-order valence-corrected chi connectivity index (χ3v) is 6.02. The third kappa shape index (κ3) is 2.36. The molecule has 0 aliphatic rings. The molecule has 0 amide bonds. The summed E-state index contributed by atoms with van der Waals surface area (Å²) in [7, 11) is 1.98. The Morgan fingerprint density at radius 1 is 1.50 bits per heavy atom. The molecule has 0 spiro atoms. The fraction of sp³-hybridized carbons (Fsp3) is 0.273. The molecule has 0 radical (unpaired) electrons. The maximum absolute atomic E-state index is 6.07. The lowest BCUT2D eigenvalue weighted by atomic mass is 10.1. The molecule has 1 unspecified atom stereocenters. The van der Waals surface area contributed by atoms with Crippen LogP contribution in [0, 0.1) is 6.92 Å². The molecule has 0 aliphatic heterocycles. The Morgan fingerprint density at radius 2 is 2.25 bits per heavy atom. The Balaban J connectivity index is 2.40. The molecule has 5 heteroatoms. The number of rotatable bonds is 3. The highest BCUT2D eigenvalue weighted by Gasteiger charge is 2.18. The molecule has 2 heterocycles. The van der Waals surface area contributed by atoms with Crippen LogP contribution in [-0.2, 0) is 0 Å². The molecule has 0 saturated carbocycles. The van der Waals surface area contributed by atoms with E-state index in [-0.39, 0.29) is 6.04 Å². The zero-order valence-corrected chi connectivity index (χ0v) is 12.9. The Morgan fingerprint density at radius 3 is 2.69 bits per heavy atom. The van der Waals surface area contributed by atoms with Crippen molar-refractivity contribution in [3.05, 3.63) is 41.6 Å². The molecular weight excluding hydrogens is 326 g/mol. The summed E-state index contributed by atoms with van der Waals surface area (Å²) in [5.41, 5.74) is 1.32. The predicted octanol–water partition coefficient (Wildman–Crippen LogP) is 4.84. The molecule has 86 valence electrons. The number of nitrogens with one attached hydrogen (secondary N) is 1. The van der Waals surface area contributed by atoms with E-state index in [2.05, 4.69) is 39.6 Å². The minimum Gasteiger partial charge on any atom is -0.308 e. The summed E-state index contributed by atoms with van der Waals surface area (Å²) < 4.78 is 0.999. The summed E-state index contributed by atoms with van der Waals surface area (Å²) in [6, 6.07) is 4.42. The van der Waals surface area contributed by atoms with Crippen LogP contribution in [0.3, 0.4) is 0 Å². The van der Waals surface area contributed by atoms with E-state index >= 15 is 0 Å². The van der Waals surface area contributed by atoms with Crippen molar-refractivity contribution in [1.82, 2.24) is 5.32 Å². The quantitative estimate of drug-likeness (QED) is 0.845. The van der Waals surface area contributed by atoms with Crippen LogP contribution in [0.25, 0.3) is 0 Å². The van der Waals surface area contributed by atoms with Crippen molar-refractivity contribution in [3.8, 4) is 0 Å². The summed E-state index contributed by atoms with van der Waals surface area (Å²) in [5, 5.41) is 6.25. The number of aryl methyl sites for hydroxylation is 1. The van der Waals surface area contributed by atoms with Gasteiger partial charge in [0, 0.05) is 9.75 Å². The Hall–Kier alpha value is 0.130. The highest BCUT2D eigenvalue weighted by molar-refractivity contribution is 9.11. The van der Waals surface area contributed by atoms with Crippen molar-refractivity contribution < 1.29 is 0 Å². The number of halogens is 2. The summed E-state index contributed by atoms with van der Waals surface area (Å²) in [5.74, 6) is 0. The van der Waals surface area contributed by atoms with Gasteiger partial charge in [0.25, 0.3) is 0 Å². The van der Waals surface area contributed by atoms with Crippen LogP contribution in [0.1, 0.15) is 21.4 Å². The van der Waals surface area contributed by atoms with Crippen LogP contribution in [0.15, 0.2) is 21.3 Å². The first-order valence-electron chi connectivity index (χ1n) is 4.79. The molecule has 2 rings (SSSR count). The molecule has 0 saturated heterocycles. The first-order chi connectivity index (χ1) is 7.63. The molecule has 0 bridgehead atoms. The standard InChI is InChI=1S/C11H11BrClNS2/c1-6-3-4-15-10(6)9(14-2)8-5-7(13)11(12)16-8/h3-5,9,14H,1-2H3. The van der Waals surface area contributed by atoms with Crippen LogP contribution >= 0.6 is 50.2 Å². The van der Waals surface area contributed by atoms with E-state index in [1.165, 1.54) is 15.3 Å². The Kier molecular flexibility index (Phi) is 4.08. The second-order valence-electron chi connectivity index (χ2n) is 3.46. The maximum atomic E-state index is 6.07. The van der Waals surface area contributed by atoms with E-state index in [0.29, 0.717) is 0 Å². The second-order valence-corrected chi connectivity index (χ2v) is 7.22. The van der Waals surface area contributed by atoms with Crippen molar-refractivity contribution in [2.24, 2.45) is 0 Å². The molecule has 0 fully saturated rings. The van der Waals surface area contributed by atoms with Gasteiger partial charge in [-0.1, -0.05) is 11.6 Å². The smallest absolute Gasteiger partial charge is 0.0888 e. The lowest BCUT2D eigenvalue weighted by Crippen LogP contribution is -2.15. The van der Waals surface area contributed by atoms with Crippen molar-refractivity contribution in [2.45, 2.75) is 13.0 Å². The largest absolute Gasteiger partial charge is 0.308 e. The molecule has 0 aliphatic carbocycles. The Bertz CT molecular complexity index is 472. The molecule has 2 aromatic rings. The minimum absolute atomic E-state index is 0.244. The van der Waals surface area contributed by atoms with Gasteiger partial charge in [0.1, 0.15) is 0 Å². The summed E-state index contributed by atoms with van der Waals surface area (Å²) in [6.07, 6.45) is 0. The lowest BCUT2D eigenvalue weighted by molar-refractivity contribution is 0.712. The van der Waals surface area contributed by atoms with E-state index < -0.39 is 0 Å². The van der Waals surface area contributed by atoms with Crippen molar-refractivity contribution >= 4 is 50.2 Å². The van der Waals surface area contributed by atoms with Gasteiger partial charge in [-0.2, -0.15) is 0 Å². The van der Waals surface area contributed by atoms with E-state index in [0.717, 1.165) is 8.81 Å². The van der Waals surface area contributed by atoms with Gasteiger partial charge in [-0.25, -0.2) is 0 Å².